The van der Waals surface area contributed by atoms with Gasteiger partial charge in [0, 0.05) is 37.4 Å². The van der Waals surface area contributed by atoms with Crippen LogP contribution in [-0.2, 0) is 0 Å². The second kappa shape index (κ2) is 6.56. The number of fused-ring (bicyclic) bond motifs is 3. The smallest absolute Gasteiger partial charge is 0.341 e. The maximum Gasteiger partial charge on any atom is 0.341 e. The molecule has 10 heteroatoms. The van der Waals surface area contributed by atoms with Crippen molar-refractivity contribution in [2.45, 2.75) is 18.5 Å². The zero-order valence-corrected chi connectivity index (χ0v) is 15.4. The van der Waals surface area contributed by atoms with Crippen LogP contribution in [0, 0.1) is 17.5 Å². The molecule has 7 nitrogen and oxygen atoms in total. The highest BCUT2D eigenvalue weighted by molar-refractivity contribution is 5.92. The maximum atomic E-state index is 14.9. The predicted molar refractivity (Wildman–Crippen MR) is 102 cm³/mol. The largest absolute Gasteiger partial charge is 0.477 e. The molecular weight excluding hydrogens is 401 g/mol. The van der Waals surface area contributed by atoms with Crippen molar-refractivity contribution in [3.8, 4) is 5.69 Å². The van der Waals surface area contributed by atoms with Crippen LogP contribution < -0.4 is 15.6 Å². The molecule has 2 aliphatic rings. The minimum absolute atomic E-state index is 0.00949. The lowest BCUT2D eigenvalue weighted by molar-refractivity contribution is 0.0695. The first kappa shape index (κ1) is 18.6. The van der Waals surface area contributed by atoms with Crippen LogP contribution in [-0.4, -0.2) is 45.8 Å². The van der Waals surface area contributed by atoms with Gasteiger partial charge in [0.1, 0.15) is 17.2 Å². The molecule has 0 amide bonds. The Morgan fingerprint density at radius 2 is 2.00 bits per heavy atom. The average molecular weight is 416 g/mol. The first-order valence-electron chi connectivity index (χ1n) is 9.28. The summed E-state index contributed by atoms with van der Waals surface area (Å²) in [5, 5.41) is 12.4. The number of hydrogen-bond donors (Lipinski definition) is 2. The summed E-state index contributed by atoms with van der Waals surface area (Å²) < 4.78 is 43.9. The van der Waals surface area contributed by atoms with Crippen molar-refractivity contribution in [3.63, 3.8) is 0 Å². The van der Waals surface area contributed by atoms with Gasteiger partial charge >= 0.3 is 5.97 Å². The molecule has 4 heterocycles. The molecule has 2 N–H and O–H groups in total. The average Bonchev–Trinajstić information content (AvgIpc) is 3.32. The lowest BCUT2D eigenvalue weighted by atomic mass is 10.1. The molecule has 30 heavy (non-hydrogen) atoms. The van der Waals surface area contributed by atoms with Gasteiger partial charge in [-0.2, -0.15) is 0 Å². The van der Waals surface area contributed by atoms with Crippen LogP contribution in [0.1, 0.15) is 16.8 Å². The minimum atomic E-state index is -1.55. The lowest BCUT2D eigenvalue weighted by Gasteiger charge is -2.29. The number of piperazine rings is 1. The van der Waals surface area contributed by atoms with Crippen LogP contribution in [0.4, 0.5) is 19.0 Å². The number of hydrogen-bond acceptors (Lipinski definition) is 5. The number of halogens is 3. The van der Waals surface area contributed by atoms with Crippen molar-refractivity contribution >= 4 is 22.8 Å². The Morgan fingerprint density at radius 3 is 2.63 bits per heavy atom. The number of nitrogens with zero attached hydrogens (tertiary/aromatic N) is 3. The summed E-state index contributed by atoms with van der Waals surface area (Å²) >= 11 is 0. The van der Waals surface area contributed by atoms with E-state index in [0.29, 0.717) is 19.2 Å². The van der Waals surface area contributed by atoms with Gasteiger partial charge in [-0.1, -0.05) is 0 Å². The molecule has 2 atom stereocenters. The monoisotopic (exact) mass is 416 g/mol. The molecule has 2 aliphatic heterocycles. The van der Waals surface area contributed by atoms with Crippen LogP contribution in [0.15, 0.2) is 35.3 Å². The van der Waals surface area contributed by atoms with E-state index in [9.17, 15) is 27.9 Å². The third-order valence-electron chi connectivity index (χ3n) is 5.64. The van der Waals surface area contributed by atoms with Gasteiger partial charge in [0.2, 0.25) is 5.43 Å². The van der Waals surface area contributed by atoms with Crippen molar-refractivity contribution in [2.24, 2.45) is 0 Å². The van der Waals surface area contributed by atoms with Crippen molar-refractivity contribution in [1.82, 2.24) is 14.9 Å². The van der Waals surface area contributed by atoms with Crippen LogP contribution in [0.25, 0.3) is 16.7 Å². The predicted octanol–water partition coefficient (Wildman–Crippen LogP) is 2.05. The zero-order chi connectivity index (χ0) is 21.2. The van der Waals surface area contributed by atoms with E-state index >= 15 is 0 Å². The lowest BCUT2D eigenvalue weighted by Crippen LogP contribution is -2.44. The van der Waals surface area contributed by atoms with Crippen molar-refractivity contribution < 1.29 is 23.1 Å². The van der Waals surface area contributed by atoms with Gasteiger partial charge in [0.15, 0.2) is 17.3 Å². The summed E-state index contributed by atoms with van der Waals surface area (Å²) in [6, 6.07) is 3.91. The number of nitrogens with one attached hydrogen (secondary N) is 1. The summed E-state index contributed by atoms with van der Waals surface area (Å²) in [4.78, 5) is 30.3. The summed E-state index contributed by atoms with van der Waals surface area (Å²) in [7, 11) is 0. The molecule has 5 rings (SSSR count). The zero-order valence-electron chi connectivity index (χ0n) is 15.4. The van der Waals surface area contributed by atoms with E-state index in [2.05, 4.69) is 10.3 Å². The summed E-state index contributed by atoms with van der Waals surface area (Å²) in [5.41, 5.74) is -1.93. The van der Waals surface area contributed by atoms with E-state index in [0.717, 1.165) is 35.4 Å². The molecule has 2 bridgehead atoms. The van der Waals surface area contributed by atoms with Crippen molar-refractivity contribution in [1.29, 1.82) is 0 Å². The maximum absolute atomic E-state index is 14.9. The standard InChI is InChI=1S/C20H15F3N4O3/c21-9-1-2-16(14(22)3-9)27-8-13(20(29)30)17(28)12-5-15(23)19(25-18(12)27)26-7-10-4-11(26)6-24-10/h1-3,5,8,10-11,24H,4,6-7H2,(H,29,30)/t10-,11-/m0/s1. The Labute approximate surface area is 167 Å². The third kappa shape index (κ3) is 2.75. The first-order chi connectivity index (χ1) is 14.3. The number of anilines is 1. The summed E-state index contributed by atoms with van der Waals surface area (Å²) in [6.07, 6.45) is 1.76. The minimum Gasteiger partial charge on any atom is -0.477 e. The quantitative estimate of drug-likeness (QED) is 0.680. The molecule has 3 aromatic rings. The van der Waals surface area contributed by atoms with Gasteiger partial charge in [0.25, 0.3) is 0 Å². The number of benzene rings is 1. The van der Waals surface area contributed by atoms with E-state index < -0.39 is 34.4 Å². The fourth-order valence-corrected chi connectivity index (χ4v) is 4.25. The molecular formula is C20H15F3N4O3. The second-order valence-electron chi connectivity index (χ2n) is 7.45. The molecule has 2 fully saturated rings. The Kier molecular flexibility index (Phi) is 4.07. The molecule has 1 aromatic carbocycles. The number of aromatic nitrogens is 2. The molecule has 0 saturated carbocycles. The van der Waals surface area contributed by atoms with E-state index in [1.54, 1.807) is 4.90 Å². The normalized spacial score (nSPS) is 20.3. The van der Waals surface area contributed by atoms with Gasteiger partial charge in [-0.05, 0) is 24.6 Å². The van der Waals surface area contributed by atoms with Crippen LogP contribution >= 0.6 is 0 Å². The topological polar surface area (TPSA) is 87.5 Å². The van der Waals surface area contributed by atoms with Crippen LogP contribution in [0.3, 0.4) is 0 Å². The van der Waals surface area contributed by atoms with E-state index in [1.165, 1.54) is 0 Å². The SMILES string of the molecule is O=C(O)c1cn(-c2ccc(F)cc2F)c2nc(N3C[C@@H]4C[C@H]3CN4)c(F)cc2c1=O. The number of carboxylic acids is 1. The highest BCUT2D eigenvalue weighted by Crippen LogP contribution is 2.32. The fraction of sp³-hybridized carbons (Fsp3) is 0.250. The summed E-state index contributed by atoms with van der Waals surface area (Å²) in [6.45, 7) is 1.20. The van der Waals surface area contributed by atoms with Crippen LogP contribution in [0.2, 0.25) is 0 Å². The number of carbonyl (C=O) groups is 1. The van der Waals surface area contributed by atoms with E-state index in [-0.39, 0.29) is 34.6 Å². The van der Waals surface area contributed by atoms with Gasteiger partial charge in [-0.3, -0.25) is 9.36 Å². The molecule has 0 aliphatic carbocycles. The molecule has 0 spiro atoms. The number of pyridine rings is 2. The number of rotatable bonds is 3. The van der Waals surface area contributed by atoms with Gasteiger partial charge in [-0.15, -0.1) is 0 Å². The van der Waals surface area contributed by atoms with Crippen LogP contribution in [0.5, 0.6) is 0 Å². The molecule has 2 aromatic heterocycles. The molecule has 2 saturated heterocycles. The first-order valence-corrected chi connectivity index (χ1v) is 9.28. The van der Waals surface area contributed by atoms with Gasteiger partial charge in [-0.25, -0.2) is 22.9 Å². The molecule has 0 radical (unpaired) electrons. The van der Waals surface area contributed by atoms with E-state index in [4.69, 9.17) is 0 Å². The highest BCUT2D eigenvalue weighted by Gasteiger charge is 2.39. The third-order valence-corrected chi connectivity index (χ3v) is 5.64. The van der Waals surface area contributed by atoms with Crippen molar-refractivity contribution in [3.05, 3.63) is 63.7 Å². The second-order valence-corrected chi connectivity index (χ2v) is 7.45. The Balaban J connectivity index is 1.80. The number of carboxylic acid groups (broad SMARTS) is 1. The van der Waals surface area contributed by atoms with Crippen molar-refractivity contribution in [2.75, 3.05) is 18.0 Å². The fourth-order valence-electron chi connectivity index (χ4n) is 4.25. The number of aromatic carboxylic acids is 1. The molecule has 154 valence electrons. The summed E-state index contributed by atoms with van der Waals surface area (Å²) in [5.74, 6) is -4.10. The molecule has 0 unspecified atom stereocenters. The Morgan fingerprint density at radius 1 is 1.20 bits per heavy atom. The Bertz CT molecular complexity index is 1280. The highest BCUT2D eigenvalue weighted by atomic mass is 19.1. The van der Waals surface area contributed by atoms with Gasteiger partial charge in [0.05, 0.1) is 11.1 Å². The van der Waals surface area contributed by atoms with Gasteiger partial charge < -0.3 is 15.3 Å². The Hall–Kier alpha value is -3.40. The van der Waals surface area contributed by atoms with E-state index in [1.807, 2.05) is 0 Å².